The Bertz CT molecular complexity index is 630. The van der Waals surface area contributed by atoms with Crippen LogP contribution in [0.25, 0.3) is 0 Å². The molecule has 0 aliphatic rings. The van der Waals surface area contributed by atoms with Gasteiger partial charge in [0.1, 0.15) is 8.07 Å². The summed E-state index contributed by atoms with van der Waals surface area (Å²) in [6.45, 7) is 4.81. The van der Waals surface area contributed by atoms with Crippen LogP contribution in [0.1, 0.15) is 11.1 Å². The monoisotopic (exact) mass is 315 g/mol. The minimum absolute atomic E-state index is 0.344. The molecule has 0 atom stereocenters. The third-order valence-electron chi connectivity index (χ3n) is 3.99. The van der Waals surface area contributed by atoms with E-state index in [-0.39, 0.29) is 0 Å². The highest BCUT2D eigenvalue weighted by Crippen LogP contribution is 2.49. The molecule has 0 saturated carbocycles. The van der Waals surface area contributed by atoms with Crippen LogP contribution in [0.15, 0.2) is 60.7 Å². The van der Waals surface area contributed by atoms with Crippen molar-refractivity contribution in [1.29, 1.82) is 5.26 Å². The smallest absolute Gasteiger partial charge is 0.209 e. The van der Waals surface area contributed by atoms with Gasteiger partial charge in [-0.25, -0.2) is 8.78 Å². The summed E-state index contributed by atoms with van der Waals surface area (Å²) >= 11 is 0. The first-order valence-electron chi connectivity index (χ1n) is 7.17. The zero-order valence-corrected chi connectivity index (χ0v) is 14.0. The number of rotatable bonds is 4. The minimum Gasteiger partial charge on any atom is -0.209 e. The van der Waals surface area contributed by atoms with Gasteiger partial charge in [-0.1, -0.05) is 80.3 Å². The van der Waals surface area contributed by atoms with Crippen LogP contribution in [-0.4, -0.2) is 13.6 Å². The summed E-state index contributed by atoms with van der Waals surface area (Å²) in [6, 6.07) is 18.8. The number of nitriles is 1. The largest absolute Gasteiger partial charge is 0.255 e. The fourth-order valence-corrected chi connectivity index (χ4v) is 4.14. The second-order valence-electron chi connectivity index (χ2n) is 6.42. The topological polar surface area (TPSA) is 23.8 Å². The predicted molar refractivity (Wildman–Crippen MR) is 87.6 cm³/mol. The van der Waals surface area contributed by atoms with Crippen molar-refractivity contribution in [2.45, 2.75) is 30.6 Å². The van der Waals surface area contributed by atoms with E-state index in [1.54, 1.807) is 80.3 Å². The molecule has 22 heavy (non-hydrogen) atoms. The molecular formula is C18H19F2NSi. The molecule has 0 aliphatic heterocycles. The van der Waals surface area contributed by atoms with E-state index in [1.807, 2.05) is 6.07 Å². The maximum atomic E-state index is 15.5. The van der Waals surface area contributed by atoms with Crippen LogP contribution in [0.2, 0.25) is 19.6 Å². The quantitative estimate of drug-likeness (QED) is 0.728. The molecule has 0 heterocycles. The molecule has 2 aromatic rings. The molecule has 0 N–H and O–H groups in total. The van der Waals surface area contributed by atoms with Gasteiger partial charge >= 0.3 is 0 Å². The second-order valence-corrected chi connectivity index (χ2v) is 11.5. The Balaban J connectivity index is 2.84. The fraction of sp³-hybridized carbons (Fsp3) is 0.278. The van der Waals surface area contributed by atoms with E-state index in [2.05, 4.69) is 0 Å². The molecule has 4 heteroatoms. The van der Waals surface area contributed by atoms with Gasteiger partial charge in [-0.05, 0) is 11.1 Å². The standard InChI is InChI=1S/C18H19F2NSi/c1-22(2,3)18(19,20)17(14-21,15-10-6-4-7-11-15)16-12-8-5-9-13-16/h4-13H,1-3H3. The van der Waals surface area contributed by atoms with Crippen molar-refractivity contribution in [2.75, 3.05) is 0 Å². The van der Waals surface area contributed by atoms with Gasteiger partial charge in [0.15, 0.2) is 5.41 Å². The van der Waals surface area contributed by atoms with E-state index in [4.69, 9.17) is 0 Å². The molecule has 0 aliphatic carbocycles. The van der Waals surface area contributed by atoms with Crippen LogP contribution in [-0.2, 0) is 5.41 Å². The van der Waals surface area contributed by atoms with E-state index >= 15 is 8.78 Å². The molecule has 2 rings (SSSR count). The molecule has 0 amide bonds. The van der Waals surface area contributed by atoms with Crippen molar-refractivity contribution in [3.05, 3.63) is 71.8 Å². The van der Waals surface area contributed by atoms with E-state index < -0.39 is 19.0 Å². The Morgan fingerprint density at radius 2 is 1.18 bits per heavy atom. The summed E-state index contributed by atoms with van der Waals surface area (Å²) < 4.78 is 30.9. The average Bonchev–Trinajstić information content (AvgIpc) is 2.49. The third kappa shape index (κ3) is 2.36. The highest BCUT2D eigenvalue weighted by molar-refractivity contribution is 6.78. The second kappa shape index (κ2) is 5.66. The molecule has 0 bridgehead atoms. The van der Waals surface area contributed by atoms with Crippen molar-refractivity contribution in [2.24, 2.45) is 0 Å². The van der Waals surface area contributed by atoms with Gasteiger partial charge in [0.05, 0.1) is 6.07 Å². The Kier molecular flexibility index (Phi) is 4.21. The van der Waals surface area contributed by atoms with Gasteiger partial charge in [-0.3, -0.25) is 0 Å². The van der Waals surface area contributed by atoms with Crippen LogP contribution in [0, 0.1) is 11.3 Å². The van der Waals surface area contributed by atoms with Crippen molar-refractivity contribution in [3.63, 3.8) is 0 Å². The molecule has 0 radical (unpaired) electrons. The van der Waals surface area contributed by atoms with Gasteiger partial charge in [0.25, 0.3) is 5.55 Å². The van der Waals surface area contributed by atoms with Gasteiger partial charge in [0, 0.05) is 0 Å². The average molecular weight is 315 g/mol. The van der Waals surface area contributed by atoms with Crippen molar-refractivity contribution < 1.29 is 8.78 Å². The van der Waals surface area contributed by atoms with E-state index in [9.17, 15) is 5.26 Å². The lowest BCUT2D eigenvalue weighted by atomic mass is 9.75. The summed E-state index contributed by atoms with van der Waals surface area (Å²) in [6.07, 6.45) is 0. The predicted octanol–water partition coefficient (Wildman–Crippen LogP) is 5.01. The van der Waals surface area contributed by atoms with Crippen molar-refractivity contribution in [1.82, 2.24) is 0 Å². The molecule has 114 valence electrons. The molecular weight excluding hydrogens is 296 g/mol. The Morgan fingerprint density at radius 1 is 0.818 bits per heavy atom. The van der Waals surface area contributed by atoms with Crippen molar-refractivity contribution in [3.8, 4) is 6.07 Å². The maximum absolute atomic E-state index is 15.5. The highest BCUT2D eigenvalue weighted by Gasteiger charge is 2.63. The number of benzene rings is 2. The van der Waals surface area contributed by atoms with Gasteiger partial charge in [-0.2, -0.15) is 5.26 Å². The summed E-state index contributed by atoms with van der Waals surface area (Å²) in [4.78, 5) is 0. The molecule has 1 nitrogen and oxygen atoms in total. The third-order valence-corrected chi connectivity index (χ3v) is 6.25. The zero-order valence-electron chi connectivity index (χ0n) is 13.0. The lowest BCUT2D eigenvalue weighted by molar-refractivity contribution is 0.0342. The minimum atomic E-state index is -3.11. The number of hydrogen-bond donors (Lipinski definition) is 0. The molecule has 0 aromatic heterocycles. The van der Waals surface area contributed by atoms with Crippen LogP contribution >= 0.6 is 0 Å². The maximum Gasteiger partial charge on any atom is 0.255 e. The molecule has 0 unspecified atom stereocenters. The van der Waals surface area contributed by atoms with E-state index in [0.29, 0.717) is 11.1 Å². The highest BCUT2D eigenvalue weighted by atomic mass is 28.3. The van der Waals surface area contributed by atoms with Crippen LogP contribution in [0.4, 0.5) is 8.78 Å². The number of halogens is 2. The summed E-state index contributed by atoms with van der Waals surface area (Å²) in [5.74, 6) is 0. The van der Waals surface area contributed by atoms with Gasteiger partial charge in [-0.15, -0.1) is 0 Å². The molecule has 2 aromatic carbocycles. The first kappa shape index (κ1) is 16.4. The fourth-order valence-electron chi connectivity index (χ4n) is 2.67. The van der Waals surface area contributed by atoms with E-state index in [1.165, 1.54) is 0 Å². The van der Waals surface area contributed by atoms with Crippen LogP contribution < -0.4 is 0 Å². The Labute approximate surface area is 131 Å². The number of alkyl halides is 2. The first-order chi connectivity index (χ1) is 10.3. The van der Waals surface area contributed by atoms with Crippen LogP contribution in [0.3, 0.4) is 0 Å². The Morgan fingerprint density at radius 3 is 1.45 bits per heavy atom. The van der Waals surface area contributed by atoms with E-state index in [0.717, 1.165) is 0 Å². The normalized spacial score (nSPS) is 12.7. The lowest BCUT2D eigenvalue weighted by Crippen LogP contribution is -2.59. The SMILES string of the molecule is C[Si](C)(C)C(F)(F)C(C#N)(c1ccccc1)c1ccccc1. The first-order valence-corrected chi connectivity index (χ1v) is 10.7. The van der Waals surface area contributed by atoms with Gasteiger partial charge < -0.3 is 0 Å². The number of nitrogens with zero attached hydrogens (tertiary/aromatic N) is 1. The summed E-state index contributed by atoms with van der Waals surface area (Å²) in [5, 5.41) is 9.87. The van der Waals surface area contributed by atoms with Crippen LogP contribution in [0.5, 0.6) is 0 Å². The molecule has 0 spiro atoms. The van der Waals surface area contributed by atoms with Gasteiger partial charge in [0.2, 0.25) is 0 Å². The lowest BCUT2D eigenvalue weighted by Gasteiger charge is -2.42. The van der Waals surface area contributed by atoms with Crippen molar-refractivity contribution >= 4 is 8.07 Å². The molecule has 0 fully saturated rings. The Hall–Kier alpha value is -1.99. The molecule has 0 saturated heterocycles. The number of hydrogen-bond acceptors (Lipinski definition) is 1. The zero-order chi connectivity index (χ0) is 16.4. The summed E-state index contributed by atoms with van der Waals surface area (Å²) in [7, 11) is -2.96. The summed E-state index contributed by atoms with van der Waals surface area (Å²) in [5.41, 5.74) is -4.38.